The maximum atomic E-state index is 10.3. The zero-order chi connectivity index (χ0) is 10.6. The van der Waals surface area contributed by atoms with Crippen molar-refractivity contribution < 1.29 is 17.7 Å². The standard InChI is InChI=1S/C9H12O4S/c1-13-9-4-2-8(3-5-9)6-7-14(10,11)12/h2-5H,6-7H2,1H3,(H,10,11,12)/p-1. The van der Waals surface area contributed by atoms with Gasteiger partial charge in [0.05, 0.1) is 17.2 Å². The summed E-state index contributed by atoms with van der Waals surface area (Å²) in [7, 11) is -2.57. The molecule has 0 amide bonds. The van der Waals surface area contributed by atoms with Crippen molar-refractivity contribution in [3.05, 3.63) is 29.8 Å². The van der Waals surface area contributed by atoms with E-state index in [-0.39, 0.29) is 12.2 Å². The summed E-state index contributed by atoms with van der Waals surface area (Å²) < 4.78 is 36.0. The molecule has 0 spiro atoms. The van der Waals surface area contributed by atoms with Gasteiger partial charge in [-0.25, -0.2) is 8.42 Å². The van der Waals surface area contributed by atoms with E-state index in [9.17, 15) is 13.0 Å². The van der Waals surface area contributed by atoms with Crippen LogP contribution >= 0.6 is 0 Å². The Hall–Kier alpha value is -1.07. The summed E-state index contributed by atoms with van der Waals surface area (Å²) in [6, 6.07) is 6.94. The van der Waals surface area contributed by atoms with Gasteiger partial charge in [0.1, 0.15) is 5.75 Å². The molecule has 0 fully saturated rings. The summed E-state index contributed by atoms with van der Waals surface area (Å²) in [6.07, 6.45) is 0.246. The Bertz CT molecular complexity index is 380. The average molecular weight is 215 g/mol. The highest BCUT2D eigenvalue weighted by Crippen LogP contribution is 2.11. The van der Waals surface area contributed by atoms with Crippen LogP contribution < -0.4 is 4.74 Å². The first-order valence-electron chi connectivity index (χ1n) is 4.08. The highest BCUT2D eigenvalue weighted by Gasteiger charge is 1.98. The second-order valence-electron chi connectivity index (χ2n) is 2.86. The first-order chi connectivity index (χ1) is 6.51. The van der Waals surface area contributed by atoms with Gasteiger partial charge in [-0.15, -0.1) is 0 Å². The lowest BCUT2D eigenvalue weighted by Gasteiger charge is -2.06. The molecule has 4 nitrogen and oxygen atoms in total. The molecule has 1 aromatic rings. The maximum Gasteiger partial charge on any atom is 0.118 e. The fraction of sp³-hybridized carbons (Fsp3) is 0.333. The summed E-state index contributed by atoms with van der Waals surface area (Å²) in [6.45, 7) is 0. The Morgan fingerprint density at radius 2 is 1.86 bits per heavy atom. The highest BCUT2D eigenvalue weighted by molar-refractivity contribution is 7.85. The normalized spacial score (nSPS) is 11.3. The first-order valence-corrected chi connectivity index (χ1v) is 5.65. The lowest BCUT2D eigenvalue weighted by molar-refractivity contribution is 0.414. The molecular formula is C9H11O4S-. The van der Waals surface area contributed by atoms with Gasteiger partial charge in [-0.2, -0.15) is 0 Å². The molecule has 5 heteroatoms. The van der Waals surface area contributed by atoms with Crippen molar-refractivity contribution in [2.24, 2.45) is 0 Å². The van der Waals surface area contributed by atoms with Crippen molar-refractivity contribution in [2.45, 2.75) is 6.42 Å². The van der Waals surface area contributed by atoms with E-state index in [0.717, 1.165) is 5.56 Å². The first kappa shape index (κ1) is 11.0. The number of benzene rings is 1. The molecule has 0 bridgehead atoms. The topological polar surface area (TPSA) is 66.4 Å². The molecular weight excluding hydrogens is 204 g/mol. The van der Waals surface area contributed by atoms with E-state index < -0.39 is 10.1 Å². The number of hydrogen-bond donors (Lipinski definition) is 0. The van der Waals surface area contributed by atoms with Crippen LogP contribution in [0.4, 0.5) is 0 Å². The molecule has 78 valence electrons. The Balaban J connectivity index is 2.61. The third kappa shape index (κ3) is 3.76. The van der Waals surface area contributed by atoms with Crippen LogP contribution in [0.5, 0.6) is 5.75 Å². The van der Waals surface area contributed by atoms with Crippen LogP contribution in [0.25, 0.3) is 0 Å². The highest BCUT2D eigenvalue weighted by atomic mass is 32.2. The molecule has 0 saturated heterocycles. The van der Waals surface area contributed by atoms with E-state index in [1.165, 1.54) is 0 Å². The quantitative estimate of drug-likeness (QED) is 0.696. The monoisotopic (exact) mass is 215 g/mol. The van der Waals surface area contributed by atoms with Crippen LogP contribution in [0, 0.1) is 0 Å². The number of aryl methyl sites for hydroxylation is 1. The van der Waals surface area contributed by atoms with Crippen molar-refractivity contribution in [1.29, 1.82) is 0 Å². The van der Waals surface area contributed by atoms with E-state index in [0.29, 0.717) is 5.75 Å². The van der Waals surface area contributed by atoms with Gasteiger partial charge in [-0.1, -0.05) is 12.1 Å². The minimum absolute atomic E-state index is 0.246. The molecule has 0 N–H and O–H groups in total. The van der Waals surface area contributed by atoms with Crippen molar-refractivity contribution in [3.8, 4) is 5.75 Å². The molecule has 1 aromatic carbocycles. The maximum absolute atomic E-state index is 10.3. The van der Waals surface area contributed by atoms with Crippen molar-refractivity contribution in [1.82, 2.24) is 0 Å². The molecule has 0 atom stereocenters. The van der Waals surface area contributed by atoms with Gasteiger partial charge in [0, 0.05) is 5.75 Å². The van der Waals surface area contributed by atoms with Gasteiger partial charge < -0.3 is 9.29 Å². The van der Waals surface area contributed by atoms with Crippen LogP contribution in [-0.2, 0) is 16.5 Å². The molecule has 0 unspecified atom stereocenters. The van der Waals surface area contributed by atoms with Gasteiger partial charge in [0.25, 0.3) is 0 Å². The Labute approximate surface area is 83.3 Å². The van der Waals surface area contributed by atoms with Gasteiger partial charge in [-0.3, -0.25) is 0 Å². The fourth-order valence-corrected chi connectivity index (χ4v) is 1.52. The zero-order valence-corrected chi connectivity index (χ0v) is 8.58. The number of rotatable bonds is 4. The minimum Gasteiger partial charge on any atom is -0.748 e. The lowest BCUT2D eigenvalue weighted by Crippen LogP contribution is -2.06. The summed E-state index contributed by atoms with van der Waals surface area (Å²) in [4.78, 5) is 0. The van der Waals surface area contributed by atoms with E-state index in [1.54, 1.807) is 31.4 Å². The minimum atomic E-state index is -4.12. The summed E-state index contributed by atoms with van der Waals surface area (Å²) in [5, 5.41) is 0. The number of methoxy groups -OCH3 is 1. The summed E-state index contributed by atoms with van der Waals surface area (Å²) in [5.41, 5.74) is 0.810. The van der Waals surface area contributed by atoms with Crippen LogP contribution in [0.3, 0.4) is 0 Å². The van der Waals surface area contributed by atoms with Crippen LogP contribution in [0.1, 0.15) is 5.56 Å². The van der Waals surface area contributed by atoms with E-state index in [4.69, 9.17) is 4.74 Å². The Kier molecular flexibility index (Phi) is 3.49. The molecule has 0 radical (unpaired) electrons. The zero-order valence-electron chi connectivity index (χ0n) is 7.76. The smallest absolute Gasteiger partial charge is 0.118 e. The van der Waals surface area contributed by atoms with E-state index >= 15 is 0 Å². The second kappa shape index (κ2) is 4.43. The van der Waals surface area contributed by atoms with Crippen molar-refractivity contribution in [3.63, 3.8) is 0 Å². The average Bonchev–Trinajstić information content (AvgIpc) is 2.14. The molecule has 0 aliphatic carbocycles. The van der Waals surface area contributed by atoms with Crippen molar-refractivity contribution >= 4 is 10.1 Å². The predicted octanol–water partition coefficient (Wildman–Crippen LogP) is 0.783. The Morgan fingerprint density at radius 3 is 2.29 bits per heavy atom. The second-order valence-corrected chi connectivity index (χ2v) is 4.38. The van der Waals surface area contributed by atoms with Gasteiger partial charge in [0.15, 0.2) is 0 Å². The predicted molar refractivity (Wildman–Crippen MR) is 51.3 cm³/mol. The largest absolute Gasteiger partial charge is 0.748 e. The van der Waals surface area contributed by atoms with Gasteiger partial charge >= 0.3 is 0 Å². The molecule has 0 heterocycles. The molecule has 0 aliphatic heterocycles. The fourth-order valence-electron chi connectivity index (χ4n) is 1.04. The van der Waals surface area contributed by atoms with Gasteiger partial charge in [-0.05, 0) is 24.1 Å². The molecule has 0 aliphatic rings. The molecule has 1 rings (SSSR count). The van der Waals surface area contributed by atoms with Crippen molar-refractivity contribution in [2.75, 3.05) is 12.9 Å². The number of hydrogen-bond acceptors (Lipinski definition) is 4. The van der Waals surface area contributed by atoms with Crippen LogP contribution in [0.2, 0.25) is 0 Å². The van der Waals surface area contributed by atoms with E-state index in [2.05, 4.69) is 0 Å². The van der Waals surface area contributed by atoms with Crippen LogP contribution in [0.15, 0.2) is 24.3 Å². The molecule has 0 aromatic heterocycles. The van der Waals surface area contributed by atoms with Gasteiger partial charge in [0.2, 0.25) is 0 Å². The molecule has 0 saturated carbocycles. The third-order valence-corrected chi connectivity index (χ3v) is 2.50. The third-order valence-electron chi connectivity index (χ3n) is 1.80. The summed E-state index contributed by atoms with van der Waals surface area (Å²) >= 11 is 0. The molecule has 14 heavy (non-hydrogen) atoms. The SMILES string of the molecule is COc1ccc(CCS(=O)(=O)[O-])cc1. The van der Waals surface area contributed by atoms with Crippen LogP contribution in [-0.4, -0.2) is 25.8 Å². The lowest BCUT2D eigenvalue weighted by atomic mass is 10.2. The Morgan fingerprint density at radius 1 is 1.29 bits per heavy atom. The number of ether oxygens (including phenoxy) is 1. The van der Waals surface area contributed by atoms with E-state index in [1.807, 2.05) is 0 Å². The summed E-state index contributed by atoms with van der Waals surface area (Å²) in [5.74, 6) is 0.345.